The van der Waals surface area contributed by atoms with E-state index < -0.39 is 0 Å². The normalized spacial score (nSPS) is 13.4. The van der Waals surface area contributed by atoms with Crippen molar-refractivity contribution >= 4 is 22.2 Å². The molecule has 2 N–H and O–H groups in total. The van der Waals surface area contributed by atoms with E-state index in [2.05, 4.69) is 15.7 Å². The predicted molar refractivity (Wildman–Crippen MR) is 82.1 cm³/mol. The highest BCUT2D eigenvalue weighted by Crippen LogP contribution is 2.21. The van der Waals surface area contributed by atoms with Crippen molar-refractivity contribution in [1.29, 1.82) is 5.26 Å². The fourth-order valence-corrected chi connectivity index (χ4v) is 2.59. The fraction of sp³-hybridized carbons (Fsp3) is 0.357. The molecule has 0 bridgehead atoms. The number of nitriles is 1. The maximum Gasteiger partial charge on any atom is 0.238 e. The highest BCUT2D eigenvalue weighted by atomic mass is 32.1. The summed E-state index contributed by atoms with van der Waals surface area (Å²) in [5.74, 6) is -0.159. The molecule has 0 aliphatic carbocycles. The average Bonchev–Trinajstić information content (AvgIpc) is 3.14. The number of hydrogen-bond donors (Lipinski definition) is 2. The van der Waals surface area contributed by atoms with E-state index in [0.717, 1.165) is 0 Å². The smallest absolute Gasteiger partial charge is 0.238 e. The van der Waals surface area contributed by atoms with Crippen LogP contribution in [0.25, 0.3) is 0 Å². The summed E-state index contributed by atoms with van der Waals surface area (Å²) in [4.78, 5) is 11.9. The minimum absolute atomic E-state index is 0.0921. The van der Waals surface area contributed by atoms with Gasteiger partial charge >= 0.3 is 0 Å². The summed E-state index contributed by atoms with van der Waals surface area (Å²) in [6.45, 7) is 4.23. The molecule has 110 valence electrons. The lowest BCUT2D eigenvalue weighted by Gasteiger charge is -2.21. The Morgan fingerprint density at radius 2 is 2.38 bits per heavy atom. The number of amides is 1. The minimum Gasteiger partial charge on any atom is -0.315 e. The maximum atomic E-state index is 11.9. The van der Waals surface area contributed by atoms with Crippen LogP contribution in [0.15, 0.2) is 29.9 Å². The summed E-state index contributed by atoms with van der Waals surface area (Å²) in [6, 6.07) is 5.84. The summed E-state index contributed by atoms with van der Waals surface area (Å²) < 4.78 is 1.85. The molecule has 2 aromatic rings. The largest absolute Gasteiger partial charge is 0.315 e. The van der Waals surface area contributed by atoms with Crippen molar-refractivity contribution < 1.29 is 4.79 Å². The van der Waals surface area contributed by atoms with Crippen LogP contribution in [0.2, 0.25) is 0 Å². The van der Waals surface area contributed by atoms with E-state index in [-0.39, 0.29) is 24.5 Å². The molecular formula is C14H17N5OS. The number of rotatable bonds is 6. The van der Waals surface area contributed by atoms with Gasteiger partial charge < -0.3 is 10.6 Å². The number of nitrogens with one attached hydrogen (secondary N) is 2. The molecule has 2 aromatic heterocycles. The Hall–Kier alpha value is -2.17. The van der Waals surface area contributed by atoms with Gasteiger partial charge in [-0.2, -0.15) is 10.4 Å². The summed E-state index contributed by atoms with van der Waals surface area (Å²) in [5, 5.41) is 21.4. The number of aromatic nitrogens is 2. The topological polar surface area (TPSA) is 82.7 Å². The van der Waals surface area contributed by atoms with E-state index in [9.17, 15) is 4.79 Å². The lowest BCUT2D eigenvalue weighted by Crippen LogP contribution is -2.39. The van der Waals surface area contributed by atoms with Gasteiger partial charge in [0.15, 0.2) is 0 Å². The second-order valence-corrected chi connectivity index (χ2v) is 5.64. The minimum atomic E-state index is -0.159. The molecule has 0 aliphatic heterocycles. The molecule has 0 aliphatic rings. The van der Waals surface area contributed by atoms with Crippen LogP contribution in [-0.2, 0) is 4.79 Å². The van der Waals surface area contributed by atoms with Gasteiger partial charge in [0, 0.05) is 18.4 Å². The van der Waals surface area contributed by atoms with Crippen LogP contribution in [0.5, 0.6) is 0 Å². The van der Waals surface area contributed by atoms with Gasteiger partial charge in [0.1, 0.15) is 11.1 Å². The zero-order valence-corrected chi connectivity index (χ0v) is 12.7. The molecule has 0 spiro atoms. The average molecular weight is 303 g/mol. The molecule has 0 fully saturated rings. The zero-order chi connectivity index (χ0) is 15.2. The first-order valence-corrected chi connectivity index (χ1v) is 7.49. The number of anilines is 1. The molecular weight excluding hydrogens is 286 g/mol. The Morgan fingerprint density at radius 1 is 1.57 bits per heavy atom. The summed E-state index contributed by atoms with van der Waals surface area (Å²) in [6.07, 6.45) is 3.63. The number of carbonyl (C=O) groups is 1. The second kappa shape index (κ2) is 7.02. The molecule has 0 unspecified atom stereocenters. The molecule has 6 nitrogen and oxygen atoms in total. The third-order valence-electron chi connectivity index (χ3n) is 3.29. The first-order valence-electron chi connectivity index (χ1n) is 6.61. The van der Waals surface area contributed by atoms with Crippen molar-refractivity contribution in [2.45, 2.75) is 25.9 Å². The maximum absolute atomic E-state index is 11.9. The quantitative estimate of drug-likeness (QED) is 0.855. The number of carbonyl (C=O) groups excluding carboxylic acids is 1. The fourth-order valence-electron chi connectivity index (χ4n) is 1.84. The van der Waals surface area contributed by atoms with Crippen LogP contribution < -0.4 is 10.6 Å². The number of thiophene rings is 1. The van der Waals surface area contributed by atoms with E-state index in [1.165, 1.54) is 11.3 Å². The van der Waals surface area contributed by atoms with Crippen molar-refractivity contribution in [3.8, 4) is 6.07 Å². The molecule has 2 heterocycles. The molecule has 2 rings (SSSR count). The molecule has 21 heavy (non-hydrogen) atoms. The number of hydrogen-bond acceptors (Lipinski definition) is 5. The van der Waals surface area contributed by atoms with Crippen LogP contribution in [0.1, 0.15) is 25.5 Å². The highest BCUT2D eigenvalue weighted by Gasteiger charge is 2.15. The van der Waals surface area contributed by atoms with Crippen molar-refractivity contribution in [3.05, 3.63) is 35.5 Å². The molecule has 7 heteroatoms. The van der Waals surface area contributed by atoms with Gasteiger partial charge in [-0.15, -0.1) is 11.3 Å². The van der Waals surface area contributed by atoms with Gasteiger partial charge in [0.05, 0.1) is 18.2 Å². The molecule has 0 aromatic carbocycles. The number of nitrogens with zero attached hydrogens (tertiary/aromatic N) is 3. The van der Waals surface area contributed by atoms with Crippen molar-refractivity contribution in [2.75, 3.05) is 11.9 Å². The zero-order valence-electron chi connectivity index (χ0n) is 11.9. The molecule has 0 radical (unpaired) electrons. The van der Waals surface area contributed by atoms with Crippen LogP contribution in [-0.4, -0.2) is 28.3 Å². The van der Waals surface area contributed by atoms with E-state index in [1.807, 2.05) is 36.9 Å². The third kappa shape index (κ3) is 3.90. The van der Waals surface area contributed by atoms with Gasteiger partial charge in [0.2, 0.25) is 5.91 Å². The van der Waals surface area contributed by atoms with E-state index in [0.29, 0.717) is 10.6 Å². The van der Waals surface area contributed by atoms with Crippen LogP contribution in [0, 0.1) is 11.3 Å². The molecule has 0 saturated heterocycles. The Kier molecular flexibility index (Phi) is 5.09. The SMILES string of the molecule is C[C@H]([C@@H](C)NCC(=O)Nc1sccc1C#N)n1cccn1. The van der Waals surface area contributed by atoms with Crippen molar-refractivity contribution in [3.63, 3.8) is 0 Å². The third-order valence-corrected chi connectivity index (χ3v) is 4.12. The van der Waals surface area contributed by atoms with Gasteiger partial charge in [-0.25, -0.2) is 0 Å². The molecule has 1 amide bonds. The van der Waals surface area contributed by atoms with E-state index >= 15 is 0 Å². The van der Waals surface area contributed by atoms with Gasteiger partial charge in [-0.05, 0) is 31.4 Å². The van der Waals surface area contributed by atoms with Gasteiger partial charge in [0.25, 0.3) is 0 Å². The summed E-state index contributed by atoms with van der Waals surface area (Å²) in [5.41, 5.74) is 0.492. The highest BCUT2D eigenvalue weighted by molar-refractivity contribution is 7.14. The lowest BCUT2D eigenvalue weighted by molar-refractivity contribution is -0.115. The van der Waals surface area contributed by atoms with E-state index in [4.69, 9.17) is 5.26 Å². The van der Waals surface area contributed by atoms with E-state index in [1.54, 1.807) is 17.6 Å². The second-order valence-electron chi connectivity index (χ2n) is 4.72. The Balaban J connectivity index is 1.83. The first kappa shape index (κ1) is 15.2. The van der Waals surface area contributed by atoms with Crippen molar-refractivity contribution in [1.82, 2.24) is 15.1 Å². The Bertz CT molecular complexity index is 628. The lowest BCUT2D eigenvalue weighted by atomic mass is 10.2. The van der Waals surface area contributed by atoms with Crippen LogP contribution >= 0.6 is 11.3 Å². The Labute approximate surface area is 127 Å². The predicted octanol–water partition coefficient (Wildman–Crippen LogP) is 1.99. The van der Waals surface area contributed by atoms with Crippen LogP contribution in [0.3, 0.4) is 0 Å². The van der Waals surface area contributed by atoms with Gasteiger partial charge in [-0.1, -0.05) is 0 Å². The summed E-state index contributed by atoms with van der Waals surface area (Å²) >= 11 is 1.34. The Morgan fingerprint density at radius 3 is 3.05 bits per heavy atom. The van der Waals surface area contributed by atoms with Crippen LogP contribution in [0.4, 0.5) is 5.00 Å². The van der Waals surface area contributed by atoms with Gasteiger partial charge in [-0.3, -0.25) is 9.48 Å². The molecule has 2 atom stereocenters. The first-order chi connectivity index (χ1) is 10.1. The molecule has 0 saturated carbocycles. The summed E-state index contributed by atoms with van der Waals surface area (Å²) in [7, 11) is 0. The standard InChI is InChI=1S/C14H17N5OS/c1-10(11(2)19-6-3-5-17-19)16-9-13(20)18-14-12(8-15)4-7-21-14/h3-7,10-11,16H,9H2,1-2H3,(H,18,20)/t10-,11-/m1/s1. The monoisotopic (exact) mass is 303 g/mol. The van der Waals surface area contributed by atoms with Crippen molar-refractivity contribution in [2.24, 2.45) is 0 Å².